The highest BCUT2D eigenvalue weighted by Crippen LogP contribution is 2.11. The summed E-state index contributed by atoms with van der Waals surface area (Å²) in [4.78, 5) is 0. The van der Waals surface area contributed by atoms with E-state index in [0.29, 0.717) is 5.92 Å². The molecule has 0 N–H and O–H groups in total. The molecule has 12 heavy (non-hydrogen) atoms. The minimum Gasteiger partial charge on any atom is -0.103 e. The maximum atomic E-state index is 3.82. The summed E-state index contributed by atoms with van der Waals surface area (Å²) >= 11 is 0. The van der Waals surface area contributed by atoms with E-state index < -0.39 is 0 Å². The van der Waals surface area contributed by atoms with Gasteiger partial charge >= 0.3 is 0 Å². The van der Waals surface area contributed by atoms with Gasteiger partial charge in [0, 0.05) is 0 Å². The fourth-order valence-corrected chi connectivity index (χ4v) is 1.05. The van der Waals surface area contributed by atoms with Gasteiger partial charge in [-0.05, 0) is 24.7 Å². The summed E-state index contributed by atoms with van der Waals surface area (Å²) in [6.45, 7) is 10.5. The van der Waals surface area contributed by atoms with Crippen molar-refractivity contribution in [2.45, 2.75) is 40.0 Å². The van der Waals surface area contributed by atoms with Crippen LogP contribution in [0.3, 0.4) is 0 Å². The van der Waals surface area contributed by atoms with Gasteiger partial charge in [-0.25, -0.2) is 0 Å². The molecule has 70 valence electrons. The van der Waals surface area contributed by atoms with E-state index in [1.807, 2.05) is 0 Å². The van der Waals surface area contributed by atoms with Gasteiger partial charge in [0.05, 0.1) is 0 Å². The van der Waals surface area contributed by atoms with Crippen LogP contribution in [-0.4, -0.2) is 0 Å². The molecule has 0 saturated heterocycles. The highest BCUT2D eigenvalue weighted by Gasteiger charge is 1.97. The van der Waals surface area contributed by atoms with Crippen LogP contribution in [0.15, 0.2) is 24.8 Å². The van der Waals surface area contributed by atoms with Crippen LogP contribution < -0.4 is 0 Å². The fraction of sp³-hybridized carbons (Fsp3) is 0.667. The number of rotatable bonds is 6. The molecule has 2 unspecified atom stereocenters. The highest BCUT2D eigenvalue weighted by molar-refractivity contribution is 4.91. The third-order valence-corrected chi connectivity index (χ3v) is 2.41. The Morgan fingerprint density at radius 3 is 2.33 bits per heavy atom. The van der Waals surface area contributed by atoms with Gasteiger partial charge in [-0.3, -0.25) is 0 Å². The lowest BCUT2D eigenvalue weighted by Gasteiger charge is -2.05. The quantitative estimate of drug-likeness (QED) is 0.519. The zero-order valence-electron chi connectivity index (χ0n) is 8.72. The first-order chi connectivity index (χ1) is 5.74. The molecular weight excluding hydrogens is 144 g/mol. The van der Waals surface area contributed by atoms with Crippen LogP contribution in [0.2, 0.25) is 0 Å². The Morgan fingerprint density at radius 1 is 1.25 bits per heavy atom. The molecular formula is C12H22. The first-order valence-corrected chi connectivity index (χ1v) is 5.03. The van der Waals surface area contributed by atoms with Crippen molar-refractivity contribution in [3.63, 3.8) is 0 Å². The third kappa shape index (κ3) is 5.17. The molecule has 0 aliphatic rings. The van der Waals surface area contributed by atoms with Crippen molar-refractivity contribution in [1.29, 1.82) is 0 Å². The predicted octanol–water partition coefficient (Wildman–Crippen LogP) is 4.19. The molecule has 0 aromatic rings. The molecule has 0 spiro atoms. The van der Waals surface area contributed by atoms with Crippen molar-refractivity contribution in [1.82, 2.24) is 0 Å². The van der Waals surface area contributed by atoms with Crippen molar-refractivity contribution in [3.8, 4) is 0 Å². The second-order valence-corrected chi connectivity index (χ2v) is 3.45. The fourth-order valence-electron chi connectivity index (χ4n) is 1.05. The van der Waals surface area contributed by atoms with E-state index in [1.54, 1.807) is 0 Å². The Bertz CT molecular complexity index is 133. The number of hydrogen-bond acceptors (Lipinski definition) is 0. The predicted molar refractivity (Wildman–Crippen MR) is 57.2 cm³/mol. The minimum absolute atomic E-state index is 0.672. The average Bonchev–Trinajstić information content (AvgIpc) is 2.12. The van der Waals surface area contributed by atoms with Gasteiger partial charge in [0.2, 0.25) is 0 Å². The highest BCUT2D eigenvalue weighted by atomic mass is 14.0. The summed E-state index contributed by atoms with van der Waals surface area (Å²) in [5, 5.41) is 0. The molecule has 0 fully saturated rings. The molecule has 0 heterocycles. The topological polar surface area (TPSA) is 0 Å². The van der Waals surface area contributed by atoms with Crippen molar-refractivity contribution in [2.75, 3.05) is 0 Å². The molecule has 0 aliphatic heterocycles. The molecule has 0 aromatic carbocycles. The van der Waals surface area contributed by atoms with Crippen LogP contribution in [0.5, 0.6) is 0 Å². The summed E-state index contributed by atoms with van der Waals surface area (Å²) in [5.74, 6) is 1.40. The summed E-state index contributed by atoms with van der Waals surface area (Å²) < 4.78 is 0. The molecule has 0 rings (SSSR count). The molecule has 0 aliphatic carbocycles. The Kier molecular flexibility index (Phi) is 6.84. The van der Waals surface area contributed by atoms with Crippen LogP contribution in [0.4, 0.5) is 0 Å². The van der Waals surface area contributed by atoms with Crippen molar-refractivity contribution in [2.24, 2.45) is 11.8 Å². The van der Waals surface area contributed by atoms with E-state index in [4.69, 9.17) is 0 Å². The largest absolute Gasteiger partial charge is 0.103 e. The Balaban J connectivity index is 3.64. The molecule has 0 bridgehead atoms. The van der Waals surface area contributed by atoms with Crippen LogP contribution in [0.1, 0.15) is 40.0 Å². The lowest BCUT2D eigenvalue weighted by atomic mass is 10.0. The van der Waals surface area contributed by atoms with E-state index in [9.17, 15) is 0 Å². The van der Waals surface area contributed by atoms with E-state index in [0.717, 1.165) is 12.3 Å². The van der Waals surface area contributed by atoms with Gasteiger partial charge in [-0.1, -0.05) is 45.4 Å². The standard InChI is InChI=1S/C12H22/c1-5-11(4)9-8-10-12(6-2)7-3/h6,8-9,11-12H,2,5,7,10H2,1,3-4H3. The van der Waals surface area contributed by atoms with Crippen LogP contribution in [-0.2, 0) is 0 Å². The van der Waals surface area contributed by atoms with Crippen molar-refractivity contribution in [3.05, 3.63) is 24.8 Å². The number of allylic oxidation sites excluding steroid dienone is 3. The van der Waals surface area contributed by atoms with Gasteiger partial charge in [-0.15, -0.1) is 6.58 Å². The second kappa shape index (κ2) is 7.15. The van der Waals surface area contributed by atoms with E-state index in [-0.39, 0.29) is 0 Å². The Hall–Kier alpha value is -0.520. The molecule has 0 radical (unpaired) electrons. The molecule has 0 amide bonds. The Labute approximate surface area is 77.4 Å². The number of hydrogen-bond donors (Lipinski definition) is 0. The molecule has 0 nitrogen and oxygen atoms in total. The van der Waals surface area contributed by atoms with Crippen LogP contribution in [0.25, 0.3) is 0 Å². The minimum atomic E-state index is 0.672. The smallest absolute Gasteiger partial charge is 0.0204 e. The maximum Gasteiger partial charge on any atom is -0.0204 e. The lowest BCUT2D eigenvalue weighted by Crippen LogP contribution is -1.91. The first kappa shape index (κ1) is 11.5. The van der Waals surface area contributed by atoms with Gasteiger partial charge in [-0.2, -0.15) is 0 Å². The zero-order valence-corrected chi connectivity index (χ0v) is 8.72. The molecule has 0 heteroatoms. The Morgan fingerprint density at radius 2 is 1.92 bits per heavy atom. The summed E-state index contributed by atoms with van der Waals surface area (Å²) in [6.07, 6.45) is 10.3. The first-order valence-electron chi connectivity index (χ1n) is 5.03. The summed E-state index contributed by atoms with van der Waals surface area (Å²) in [6, 6.07) is 0. The molecule has 0 aromatic heterocycles. The average molecular weight is 166 g/mol. The summed E-state index contributed by atoms with van der Waals surface area (Å²) in [7, 11) is 0. The second-order valence-electron chi connectivity index (χ2n) is 3.45. The monoisotopic (exact) mass is 166 g/mol. The van der Waals surface area contributed by atoms with E-state index in [1.165, 1.54) is 12.8 Å². The normalized spacial score (nSPS) is 16.2. The maximum absolute atomic E-state index is 3.82. The van der Waals surface area contributed by atoms with E-state index in [2.05, 4.69) is 45.6 Å². The van der Waals surface area contributed by atoms with Gasteiger partial charge < -0.3 is 0 Å². The van der Waals surface area contributed by atoms with Gasteiger partial charge in [0.25, 0.3) is 0 Å². The molecule has 0 saturated carbocycles. The zero-order chi connectivity index (χ0) is 9.40. The van der Waals surface area contributed by atoms with Crippen molar-refractivity contribution >= 4 is 0 Å². The van der Waals surface area contributed by atoms with Crippen LogP contribution in [0, 0.1) is 11.8 Å². The van der Waals surface area contributed by atoms with Gasteiger partial charge in [0.1, 0.15) is 0 Å². The summed E-state index contributed by atoms with van der Waals surface area (Å²) in [5.41, 5.74) is 0. The van der Waals surface area contributed by atoms with Crippen LogP contribution >= 0.6 is 0 Å². The molecule has 2 atom stereocenters. The third-order valence-electron chi connectivity index (χ3n) is 2.41. The lowest BCUT2D eigenvalue weighted by molar-refractivity contribution is 0.630. The van der Waals surface area contributed by atoms with Gasteiger partial charge in [0.15, 0.2) is 0 Å². The SMILES string of the molecule is C=CC(CC)CC=CC(C)CC. The van der Waals surface area contributed by atoms with Crippen molar-refractivity contribution < 1.29 is 0 Å². The van der Waals surface area contributed by atoms with E-state index >= 15 is 0 Å².